The molecule has 4 heteroatoms. The normalized spacial score (nSPS) is 12.0. The summed E-state index contributed by atoms with van der Waals surface area (Å²) >= 11 is 5.81. The largest absolute Gasteiger partial charge is 0.363 e. The Morgan fingerprint density at radius 1 is 1.29 bits per heavy atom. The highest BCUT2D eigenvalue weighted by molar-refractivity contribution is 6.30. The highest BCUT2D eigenvalue weighted by atomic mass is 35.5. The molecule has 1 heterocycles. The maximum Gasteiger partial charge on any atom is 0.136 e. The summed E-state index contributed by atoms with van der Waals surface area (Å²) in [6.07, 6.45) is 1.81. The Morgan fingerprint density at radius 3 is 2.65 bits per heavy atom. The third-order valence-corrected chi connectivity index (χ3v) is 2.74. The van der Waals surface area contributed by atoms with Gasteiger partial charge in [-0.15, -0.1) is 0 Å². The van der Waals surface area contributed by atoms with Crippen LogP contribution in [-0.2, 0) is 6.54 Å². The minimum absolute atomic E-state index is 0.319. The van der Waals surface area contributed by atoms with Gasteiger partial charge in [-0.25, -0.2) is 0 Å². The number of benzene rings is 1. The Labute approximate surface area is 105 Å². The van der Waals surface area contributed by atoms with E-state index in [0.717, 1.165) is 16.3 Å². The van der Waals surface area contributed by atoms with Crippen molar-refractivity contribution in [2.24, 2.45) is 0 Å². The van der Waals surface area contributed by atoms with Crippen molar-refractivity contribution in [2.45, 2.75) is 12.6 Å². The lowest BCUT2D eigenvalue weighted by Crippen LogP contribution is -2.19. The van der Waals surface area contributed by atoms with Gasteiger partial charge in [0.05, 0.1) is 6.07 Å². The van der Waals surface area contributed by atoms with Crippen LogP contribution in [0.1, 0.15) is 17.3 Å². The van der Waals surface area contributed by atoms with Gasteiger partial charge >= 0.3 is 0 Å². The zero-order valence-corrected chi connectivity index (χ0v) is 9.91. The number of hydrogen-bond acceptors (Lipinski definition) is 2. The average Bonchev–Trinajstić information content (AvgIpc) is 2.86. The fraction of sp³-hybridized carbons (Fsp3) is 0.154. The van der Waals surface area contributed by atoms with Crippen molar-refractivity contribution in [2.75, 3.05) is 0 Å². The van der Waals surface area contributed by atoms with Crippen molar-refractivity contribution in [1.29, 1.82) is 5.26 Å². The summed E-state index contributed by atoms with van der Waals surface area (Å²) in [4.78, 5) is 3.03. The molecule has 0 spiro atoms. The summed E-state index contributed by atoms with van der Waals surface area (Å²) < 4.78 is 0. The van der Waals surface area contributed by atoms with E-state index in [9.17, 15) is 0 Å². The standard InChI is InChI=1S/C13H12ClN3/c14-11-5-3-10(4-6-11)9-17-13(8-15)12-2-1-7-16-12/h1-7,13,16-17H,9H2. The fourth-order valence-corrected chi connectivity index (χ4v) is 1.70. The molecule has 86 valence electrons. The lowest BCUT2D eigenvalue weighted by molar-refractivity contribution is 0.619. The molecule has 1 atom stereocenters. The monoisotopic (exact) mass is 245 g/mol. The maximum absolute atomic E-state index is 9.07. The van der Waals surface area contributed by atoms with Crippen LogP contribution in [-0.4, -0.2) is 4.98 Å². The zero-order valence-electron chi connectivity index (χ0n) is 9.15. The number of hydrogen-bond donors (Lipinski definition) is 2. The molecule has 0 fully saturated rings. The van der Waals surface area contributed by atoms with E-state index in [-0.39, 0.29) is 6.04 Å². The number of aromatic amines is 1. The van der Waals surface area contributed by atoms with Crippen molar-refractivity contribution in [1.82, 2.24) is 10.3 Å². The van der Waals surface area contributed by atoms with Crippen LogP contribution in [0.4, 0.5) is 0 Å². The molecule has 3 nitrogen and oxygen atoms in total. The predicted molar refractivity (Wildman–Crippen MR) is 67.4 cm³/mol. The van der Waals surface area contributed by atoms with E-state index in [0.29, 0.717) is 6.54 Å². The van der Waals surface area contributed by atoms with Gasteiger partial charge in [-0.05, 0) is 29.8 Å². The van der Waals surface area contributed by atoms with Crippen molar-refractivity contribution in [3.05, 3.63) is 58.9 Å². The van der Waals surface area contributed by atoms with Gasteiger partial charge in [0.2, 0.25) is 0 Å². The van der Waals surface area contributed by atoms with Gasteiger partial charge in [0, 0.05) is 23.5 Å². The van der Waals surface area contributed by atoms with Crippen LogP contribution in [0.15, 0.2) is 42.6 Å². The van der Waals surface area contributed by atoms with Crippen molar-refractivity contribution in [3.63, 3.8) is 0 Å². The van der Waals surface area contributed by atoms with Gasteiger partial charge in [-0.1, -0.05) is 23.7 Å². The van der Waals surface area contributed by atoms with E-state index in [1.54, 1.807) is 0 Å². The van der Waals surface area contributed by atoms with Crippen LogP contribution in [0, 0.1) is 11.3 Å². The highest BCUT2D eigenvalue weighted by Crippen LogP contribution is 2.12. The molecule has 1 unspecified atom stereocenters. The van der Waals surface area contributed by atoms with Gasteiger partial charge in [0.1, 0.15) is 6.04 Å². The van der Waals surface area contributed by atoms with Crippen LogP contribution in [0.2, 0.25) is 5.02 Å². The number of rotatable bonds is 4. The molecule has 1 aromatic heterocycles. The Bertz CT molecular complexity index is 496. The van der Waals surface area contributed by atoms with Crippen molar-refractivity contribution in [3.8, 4) is 6.07 Å². The van der Waals surface area contributed by atoms with Crippen molar-refractivity contribution < 1.29 is 0 Å². The van der Waals surface area contributed by atoms with Gasteiger partial charge in [0.25, 0.3) is 0 Å². The van der Waals surface area contributed by atoms with Crippen LogP contribution < -0.4 is 5.32 Å². The smallest absolute Gasteiger partial charge is 0.136 e. The van der Waals surface area contributed by atoms with Crippen LogP contribution in [0.25, 0.3) is 0 Å². The summed E-state index contributed by atoms with van der Waals surface area (Å²) in [7, 11) is 0. The Hall–Kier alpha value is -1.76. The summed E-state index contributed by atoms with van der Waals surface area (Å²) in [6, 6.07) is 13.2. The van der Waals surface area contributed by atoms with E-state index >= 15 is 0 Å². The number of halogens is 1. The molecular weight excluding hydrogens is 234 g/mol. The molecule has 2 N–H and O–H groups in total. The summed E-state index contributed by atoms with van der Waals surface area (Å²) in [6.45, 7) is 0.633. The lowest BCUT2D eigenvalue weighted by Gasteiger charge is -2.10. The van der Waals surface area contributed by atoms with Gasteiger partial charge in [-0.2, -0.15) is 5.26 Å². The third-order valence-electron chi connectivity index (χ3n) is 2.49. The maximum atomic E-state index is 9.07. The highest BCUT2D eigenvalue weighted by Gasteiger charge is 2.09. The molecule has 0 saturated carbocycles. The first-order chi connectivity index (χ1) is 8.29. The molecule has 0 saturated heterocycles. The third kappa shape index (κ3) is 3.10. The van der Waals surface area contributed by atoms with Crippen molar-refractivity contribution >= 4 is 11.6 Å². The Morgan fingerprint density at radius 2 is 2.06 bits per heavy atom. The molecule has 0 bridgehead atoms. The fourth-order valence-electron chi connectivity index (χ4n) is 1.57. The number of nitrogens with zero attached hydrogens (tertiary/aromatic N) is 1. The zero-order chi connectivity index (χ0) is 12.1. The SMILES string of the molecule is N#CC(NCc1ccc(Cl)cc1)c1ccc[nH]1. The molecule has 2 rings (SSSR count). The van der Waals surface area contributed by atoms with E-state index in [4.69, 9.17) is 16.9 Å². The van der Waals surface area contributed by atoms with Crippen LogP contribution >= 0.6 is 11.6 Å². The summed E-state index contributed by atoms with van der Waals surface area (Å²) in [5.41, 5.74) is 1.97. The van der Waals surface area contributed by atoms with Gasteiger partial charge in [-0.3, -0.25) is 5.32 Å². The topological polar surface area (TPSA) is 51.6 Å². The second-order valence-corrected chi connectivity index (χ2v) is 4.13. The van der Waals surface area contributed by atoms with E-state index in [1.807, 2.05) is 42.6 Å². The molecule has 1 aromatic carbocycles. The molecule has 0 amide bonds. The molecule has 0 aliphatic carbocycles. The number of aromatic nitrogens is 1. The second kappa shape index (κ2) is 5.53. The molecule has 17 heavy (non-hydrogen) atoms. The minimum atomic E-state index is -0.319. The average molecular weight is 246 g/mol. The number of nitriles is 1. The Balaban J connectivity index is 1.97. The van der Waals surface area contributed by atoms with Crippen LogP contribution in [0.5, 0.6) is 0 Å². The number of nitrogens with one attached hydrogen (secondary N) is 2. The quantitative estimate of drug-likeness (QED) is 0.870. The van der Waals surface area contributed by atoms with Gasteiger partial charge < -0.3 is 4.98 Å². The van der Waals surface area contributed by atoms with Gasteiger partial charge in [0.15, 0.2) is 0 Å². The molecule has 2 aromatic rings. The lowest BCUT2D eigenvalue weighted by atomic mass is 10.2. The molecule has 0 aliphatic heterocycles. The van der Waals surface area contributed by atoms with E-state index < -0.39 is 0 Å². The summed E-state index contributed by atoms with van der Waals surface area (Å²) in [5, 5.41) is 13.0. The molecule has 0 radical (unpaired) electrons. The molecular formula is C13H12ClN3. The first kappa shape index (κ1) is 11.7. The Kier molecular flexibility index (Phi) is 3.81. The number of H-pyrrole nitrogens is 1. The first-order valence-electron chi connectivity index (χ1n) is 5.30. The minimum Gasteiger partial charge on any atom is -0.363 e. The van der Waals surface area contributed by atoms with E-state index in [1.165, 1.54) is 0 Å². The van der Waals surface area contributed by atoms with E-state index in [2.05, 4.69) is 16.4 Å². The second-order valence-electron chi connectivity index (χ2n) is 3.69. The predicted octanol–water partition coefficient (Wildman–Crippen LogP) is 3.02. The first-order valence-corrected chi connectivity index (χ1v) is 5.68. The summed E-state index contributed by atoms with van der Waals surface area (Å²) in [5.74, 6) is 0. The van der Waals surface area contributed by atoms with Crippen LogP contribution in [0.3, 0.4) is 0 Å². The molecule has 0 aliphatic rings.